The van der Waals surface area contributed by atoms with Crippen LogP contribution in [-0.4, -0.2) is 24.5 Å². The molecule has 98 valence electrons. The molecule has 1 unspecified atom stereocenters. The van der Waals surface area contributed by atoms with E-state index in [1.165, 1.54) is 19.1 Å². The highest BCUT2D eigenvalue weighted by Gasteiger charge is 2.19. The summed E-state index contributed by atoms with van der Waals surface area (Å²) in [5, 5.41) is 2.75. The molecule has 0 aliphatic heterocycles. The number of carbonyl (C=O) groups is 2. The minimum absolute atomic E-state index is 0.182. The van der Waals surface area contributed by atoms with Crippen molar-refractivity contribution in [3.05, 3.63) is 28.8 Å². The Morgan fingerprint density at radius 3 is 2.72 bits per heavy atom. The van der Waals surface area contributed by atoms with Gasteiger partial charge in [0, 0.05) is 12.2 Å². The number of hydrogen-bond acceptors (Lipinski definition) is 4. The molecule has 0 aliphatic carbocycles. The first-order chi connectivity index (χ1) is 8.45. The van der Waals surface area contributed by atoms with Crippen LogP contribution in [0.25, 0.3) is 0 Å². The van der Waals surface area contributed by atoms with E-state index in [-0.39, 0.29) is 16.5 Å². The summed E-state index contributed by atoms with van der Waals surface area (Å²) in [6.45, 7) is 3.75. The summed E-state index contributed by atoms with van der Waals surface area (Å²) in [4.78, 5) is 23.2. The molecule has 18 heavy (non-hydrogen) atoms. The molecule has 0 aliphatic rings. The number of nitrogens with two attached hydrogens (primary N) is 1. The predicted molar refractivity (Wildman–Crippen MR) is 69.4 cm³/mol. The second-order valence-corrected chi connectivity index (χ2v) is 4.09. The number of likely N-dealkylation sites (N-methyl/N-ethyl adjacent to an activating group) is 1. The van der Waals surface area contributed by atoms with E-state index in [9.17, 15) is 9.59 Å². The second-order valence-electron chi connectivity index (χ2n) is 3.68. The van der Waals surface area contributed by atoms with Gasteiger partial charge in [-0.2, -0.15) is 0 Å². The van der Waals surface area contributed by atoms with Gasteiger partial charge in [-0.15, -0.1) is 0 Å². The molecular formula is C12H15ClN2O3. The zero-order chi connectivity index (χ0) is 13.7. The molecule has 0 saturated carbocycles. The number of hydrogen-bond donors (Lipinski definition) is 2. The monoisotopic (exact) mass is 270 g/mol. The number of ether oxygens (including phenoxy) is 1. The van der Waals surface area contributed by atoms with Crippen molar-refractivity contribution < 1.29 is 14.3 Å². The molecule has 1 atom stereocenters. The molecule has 1 amide bonds. The van der Waals surface area contributed by atoms with Crippen LogP contribution in [0.1, 0.15) is 24.2 Å². The van der Waals surface area contributed by atoms with E-state index in [2.05, 4.69) is 5.32 Å². The number of amides is 1. The van der Waals surface area contributed by atoms with Crippen molar-refractivity contribution in [2.45, 2.75) is 20.0 Å². The Balaban J connectivity index is 2.73. The number of esters is 1. The van der Waals surface area contributed by atoms with Gasteiger partial charge in [-0.05, 0) is 32.0 Å². The summed E-state index contributed by atoms with van der Waals surface area (Å²) < 4.78 is 5.00. The molecule has 0 spiro atoms. The van der Waals surface area contributed by atoms with Crippen LogP contribution < -0.4 is 11.1 Å². The maximum absolute atomic E-state index is 11.8. The minimum atomic E-state index is -0.869. The van der Waals surface area contributed by atoms with Gasteiger partial charge in [0.05, 0.1) is 10.6 Å². The number of halogens is 1. The fraction of sp³-hybridized carbons (Fsp3) is 0.333. The van der Waals surface area contributed by atoms with Crippen LogP contribution in [0.4, 0.5) is 5.69 Å². The van der Waals surface area contributed by atoms with Crippen molar-refractivity contribution in [1.29, 1.82) is 0 Å². The fourth-order valence-corrected chi connectivity index (χ4v) is 1.56. The van der Waals surface area contributed by atoms with Crippen LogP contribution >= 0.6 is 11.6 Å². The number of nitrogens with one attached hydrogen (secondary N) is 1. The van der Waals surface area contributed by atoms with Gasteiger partial charge in [0.2, 0.25) is 0 Å². The first-order valence-corrected chi connectivity index (χ1v) is 5.87. The van der Waals surface area contributed by atoms with Gasteiger partial charge < -0.3 is 15.8 Å². The van der Waals surface area contributed by atoms with E-state index >= 15 is 0 Å². The van der Waals surface area contributed by atoms with Crippen LogP contribution in [0.3, 0.4) is 0 Å². The van der Waals surface area contributed by atoms with E-state index in [1.54, 1.807) is 13.0 Å². The number of nitrogen functional groups attached to an aromatic ring is 1. The first kappa shape index (κ1) is 14.3. The van der Waals surface area contributed by atoms with Gasteiger partial charge in [0.25, 0.3) is 5.91 Å². The predicted octanol–water partition coefficient (Wildman–Crippen LogP) is 1.60. The van der Waals surface area contributed by atoms with Gasteiger partial charge >= 0.3 is 5.97 Å². The third kappa shape index (κ3) is 3.63. The van der Waals surface area contributed by atoms with Crippen LogP contribution in [0, 0.1) is 0 Å². The lowest BCUT2D eigenvalue weighted by atomic mass is 10.2. The normalized spacial score (nSPS) is 11.7. The summed E-state index contributed by atoms with van der Waals surface area (Å²) in [6.07, 6.45) is -0.869. The van der Waals surface area contributed by atoms with E-state index in [0.29, 0.717) is 12.2 Å². The number of anilines is 1. The van der Waals surface area contributed by atoms with Gasteiger partial charge in [-0.1, -0.05) is 11.6 Å². The summed E-state index contributed by atoms with van der Waals surface area (Å²) in [6, 6.07) is 4.46. The Morgan fingerprint density at radius 1 is 1.50 bits per heavy atom. The molecule has 1 rings (SSSR count). The molecular weight excluding hydrogens is 256 g/mol. The highest BCUT2D eigenvalue weighted by Crippen LogP contribution is 2.20. The highest BCUT2D eigenvalue weighted by atomic mass is 35.5. The average Bonchev–Trinajstić information content (AvgIpc) is 2.28. The molecule has 0 radical (unpaired) electrons. The van der Waals surface area contributed by atoms with Crippen LogP contribution in [0.15, 0.2) is 18.2 Å². The summed E-state index contributed by atoms with van der Waals surface area (Å²) in [5.41, 5.74) is 6.15. The third-order valence-electron chi connectivity index (χ3n) is 2.22. The molecule has 1 aromatic carbocycles. The van der Waals surface area contributed by atoms with Crippen molar-refractivity contribution in [2.75, 3.05) is 12.3 Å². The van der Waals surface area contributed by atoms with Crippen LogP contribution in [0.5, 0.6) is 0 Å². The van der Waals surface area contributed by atoms with Gasteiger partial charge in [-0.25, -0.2) is 4.79 Å². The van der Waals surface area contributed by atoms with E-state index < -0.39 is 12.1 Å². The summed E-state index contributed by atoms with van der Waals surface area (Å²) >= 11 is 5.87. The zero-order valence-corrected chi connectivity index (χ0v) is 11.0. The standard InChI is InChI=1S/C12H15ClN2O3/c1-3-15-11(16)7(2)18-12(17)9-5-4-8(14)6-10(9)13/h4-7H,3,14H2,1-2H3,(H,15,16). The van der Waals surface area contributed by atoms with Crippen molar-refractivity contribution in [3.8, 4) is 0 Å². The summed E-state index contributed by atoms with van der Waals surface area (Å²) in [5.74, 6) is -1.00. The second kappa shape index (κ2) is 6.26. The topological polar surface area (TPSA) is 81.4 Å². The first-order valence-electron chi connectivity index (χ1n) is 5.49. The van der Waals surface area contributed by atoms with Crippen molar-refractivity contribution in [1.82, 2.24) is 5.32 Å². The number of carbonyl (C=O) groups excluding carboxylic acids is 2. The maximum atomic E-state index is 11.8. The molecule has 6 heteroatoms. The van der Waals surface area contributed by atoms with E-state index in [0.717, 1.165) is 0 Å². The maximum Gasteiger partial charge on any atom is 0.340 e. The summed E-state index contributed by atoms with van der Waals surface area (Å²) in [7, 11) is 0. The Labute approximate surface area is 110 Å². The lowest BCUT2D eigenvalue weighted by Crippen LogP contribution is -2.35. The van der Waals surface area contributed by atoms with Crippen molar-refractivity contribution in [3.63, 3.8) is 0 Å². The lowest BCUT2D eigenvalue weighted by molar-refractivity contribution is -0.128. The van der Waals surface area contributed by atoms with Crippen molar-refractivity contribution >= 4 is 29.2 Å². The largest absolute Gasteiger partial charge is 0.449 e. The fourth-order valence-electron chi connectivity index (χ4n) is 1.29. The number of benzene rings is 1. The highest BCUT2D eigenvalue weighted by molar-refractivity contribution is 6.33. The van der Waals surface area contributed by atoms with Crippen LogP contribution in [-0.2, 0) is 9.53 Å². The molecule has 3 N–H and O–H groups in total. The van der Waals surface area contributed by atoms with E-state index in [1.807, 2.05) is 0 Å². The number of rotatable bonds is 4. The Morgan fingerprint density at radius 2 is 2.17 bits per heavy atom. The zero-order valence-electron chi connectivity index (χ0n) is 10.2. The van der Waals surface area contributed by atoms with E-state index in [4.69, 9.17) is 22.1 Å². The third-order valence-corrected chi connectivity index (χ3v) is 2.53. The molecule has 0 aromatic heterocycles. The SMILES string of the molecule is CCNC(=O)C(C)OC(=O)c1ccc(N)cc1Cl. The molecule has 0 fully saturated rings. The Hall–Kier alpha value is -1.75. The van der Waals surface area contributed by atoms with Crippen LogP contribution in [0.2, 0.25) is 5.02 Å². The average molecular weight is 271 g/mol. The Kier molecular flexibility index (Phi) is 4.97. The molecule has 0 heterocycles. The van der Waals surface area contributed by atoms with Gasteiger partial charge in [0.1, 0.15) is 0 Å². The Bertz CT molecular complexity index is 463. The minimum Gasteiger partial charge on any atom is -0.449 e. The van der Waals surface area contributed by atoms with Gasteiger partial charge in [-0.3, -0.25) is 4.79 Å². The lowest BCUT2D eigenvalue weighted by Gasteiger charge is -2.13. The van der Waals surface area contributed by atoms with Crippen molar-refractivity contribution in [2.24, 2.45) is 0 Å². The molecule has 5 nitrogen and oxygen atoms in total. The smallest absolute Gasteiger partial charge is 0.340 e. The molecule has 0 bridgehead atoms. The molecule has 0 saturated heterocycles. The molecule has 1 aromatic rings. The van der Waals surface area contributed by atoms with Gasteiger partial charge in [0.15, 0.2) is 6.10 Å². The quantitative estimate of drug-likeness (QED) is 0.643.